The normalized spacial score (nSPS) is 41.7. The summed E-state index contributed by atoms with van der Waals surface area (Å²) in [7, 11) is 2.15. The summed E-state index contributed by atoms with van der Waals surface area (Å²) in [5.41, 5.74) is 0.466. The zero-order valence-electron chi connectivity index (χ0n) is 13.9. The summed E-state index contributed by atoms with van der Waals surface area (Å²) in [6, 6.07) is 1.46. The third-order valence-corrected chi connectivity index (χ3v) is 5.90. The molecule has 2 aliphatic rings. The van der Waals surface area contributed by atoms with E-state index in [-0.39, 0.29) is 0 Å². The number of likely N-dealkylation sites (N-methyl/N-ethyl adjacent to an activating group) is 1. The zero-order valence-corrected chi connectivity index (χ0v) is 13.9. The average molecular weight is 266 g/mol. The molecular weight excluding hydrogens is 232 g/mol. The molecule has 2 rings (SSSR count). The number of nitrogens with zero attached hydrogens (tertiary/aromatic N) is 1. The first-order chi connectivity index (χ1) is 8.82. The van der Waals surface area contributed by atoms with E-state index in [2.05, 4.69) is 51.9 Å². The molecule has 1 aliphatic carbocycles. The molecule has 0 radical (unpaired) electrons. The van der Waals surface area contributed by atoms with Crippen LogP contribution in [0.1, 0.15) is 53.9 Å². The summed E-state index contributed by atoms with van der Waals surface area (Å²) in [5.74, 6) is 2.62. The van der Waals surface area contributed by atoms with E-state index in [0.29, 0.717) is 11.5 Å². The van der Waals surface area contributed by atoms with Gasteiger partial charge in [0.1, 0.15) is 0 Å². The molecule has 112 valence electrons. The van der Waals surface area contributed by atoms with Crippen LogP contribution in [0.2, 0.25) is 0 Å². The van der Waals surface area contributed by atoms with Gasteiger partial charge in [0.25, 0.3) is 0 Å². The number of hydrogen-bond acceptors (Lipinski definition) is 2. The molecule has 0 aromatic rings. The maximum atomic E-state index is 3.59. The summed E-state index contributed by atoms with van der Waals surface area (Å²) < 4.78 is 0. The fourth-order valence-electron chi connectivity index (χ4n) is 4.12. The van der Waals surface area contributed by atoms with Gasteiger partial charge in [0.05, 0.1) is 0 Å². The molecule has 0 aromatic carbocycles. The molecule has 1 aliphatic heterocycles. The molecular formula is C17H34N2. The molecule has 2 fully saturated rings. The van der Waals surface area contributed by atoms with E-state index in [1.807, 2.05) is 0 Å². The molecule has 5 atom stereocenters. The number of nitrogens with one attached hydrogen (secondary N) is 1. The predicted molar refractivity (Wildman–Crippen MR) is 83.3 cm³/mol. The molecule has 5 unspecified atom stereocenters. The lowest BCUT2D eigenvalue weighted by atomic mass is 9.69. The maximum absolute atomic E-state index is 3.59. The molecule has 0 spiro atoms. The van der Waals surface area contributed by atoms with Crippen molar-refractivity contribution in [1.29, 1.82) is 0 Å². The molecule has 1 N–H and O–H groups in total. The van der Waals surface area contributed by atoms with Crippen LogP contribution in [0.5, 0.6) is 0 Å². The van der Waals surface area contributed by atoms with Crippen LogP contribution in [-0.2, 0) is 0 Å². The minimum absolute atomic E-state index is 0.466. The monoisotopic (exact) mass is 266 g/mol. The van der Waals surface area contributed by atoms with E-state index in [4.69, 9.17) is 0 Å². The molecule has 0 aromatic heterocycles. The Kier molecular flexibility index (Phi) is 4.62. The van der Waals surface area contributed by atoms with Crippen LogP contribution in [-0.4, -0.2) is 37.1 Å². The third kappa shape index (κ3) is 3.33. The van der Waals surface area contributed by atoms with Crippen LogP contribution >= 0.6 is 0 Å². The quantitative estimate of drug-likeness (QED) is 0.824. The van der Waals surface area contributed by atoms with Gasteiger partial charge < -0.3 is 5.32 Å². The summed E-state index contributed by atoms with van der Waals surface area (Å²) in [5, 5.41) is 3.59. The fraction of sp³-hybridized carbons (Fsp3) is 1.00. The van der Waals surface area contributed by atoms with E-state index < -0.39 is 0 Å². The van der Waals surface area contributed by atoms with Crippen molar-refractivity contribution in [3.05, 3.63) is 0 Å². The highest BCUT2D eigenvalue weighted by molar-refractivity contribution is 4.96. The highest BCUT2D eigenvalue weighted by Crippen LogP contribution is 2.40. The van der Waals surface area contributed by atoms with Crippen molar-refractivity contribution >= 4 is 0 Å². The van der Waals surface area contributed by atoms with Crippen molar-refractivity contribution in [3.63, 3.8) is 0 Å². The first kappa shape index (κ1) is 15.3. The molecule has 1 saturated heterocycles. The third-order valence-electron chi connectivity index (χ3n) is 5.90. The Balaban J connectivity index is 2.06. The van der Waals surface area contributed by atoms with Gasteiger partial charge in [-0.3, -0.25) is 4.90 Å². The summed E-state index contributed by atoms with van der Waals surface area (Å²) in [6.07, 6.45) is 4.13. The summed E-state index contributed by atoms with van der Waals surface area (Å²) in [4.78, 5) is 2.79. The van der Waals surface area contributed by atoms with Gasteiger partial charge in [-0.25, -0.2) is 0 Å². The molecule has 19 heavy (non-hydrogen) atoms. The largest absolute Gasteiger partial charge is 0.315 e. The maximum Gasteiger partial charge on any atom is 0.0252 e. The summed E-state index contributed by atoms with van der Waals surface area (Å²) >= 11 is 0. The second-order valence-electron chi connectivity index (χ2n) is 8.25. The number of rotatable bonds is 2. The highest BCUT2D eigenvalue weighted by atomic mass is 15.2. The van der Waals surface area contributed by atoms with Gasteiger partial charge in [-0.2, -0.15) is 0 Å². The fourth-order valence-corrected chi connectivity index (χ4v) is 4.12. The van der Waals surface area contributed by atoms with Crippen LogP contribution in [0.4, 0.5) is 0 Å². The molecule has 0 amide bonds. The minimum atomic E-state index is 0.466. The van der Waals surface area contributed by atoms with Crippen LogP contribution in [0.3, 0.4) is 0 Å². The molecule has 2 nitrogen and oxygen atoms in total. The van der Waals surface area contributed by atoms with Gasteiger partial charge in [0, 0.05) is 25.2 Å². The van der Waals surface area contributed by atoms with E-state index in [1.54, 1.807) is 0 Å². The van der Waals surface area contributed by atoms with Gasteiger partial charge in [-0.15, -0.1) is 0 Å². The van der Waals surface area contributed by atoms with Crippen molar-refractivity contribution in [1.82, 2.24) is 10.2 Å². The van der Waals surface area contributed by atoms with Crippen molar-refractivity contribution in [2.75, 3.05) is 20.1 Å². The van der Waals surface area contributed by atoms with E-state index in [9.17, 15) is 0 Å². The van der Waals surface area contributed by atoms with E-state index >= 15 is 0 Å². The lowest BCUT2D eigenvalue weighted by molar-refractivity contribution is 0.0710. The first-order valence-corrected chi connectivity index (χ1v) is 8.24. The van der Waals surface area contributed by atoms with Crippen molar-refractivity contribution < 1.29 is 0 Å². The van der Waals surface area contributed by atoms with Crippen LogP contribution in [0.15, 0.2) is 0 Å². The van der Waals surface area contributed by atoms with Crippen LogP contribution in [0.25, 0.3) is 0 Å². The van der Waals surface area contributed by atoms with Crippen molar-refractivity contribution in [2.45, 2.75) is 66.0 Å². The Morgan fingerprint density at radius 2 is 1.58 bits per heavy atom. The lowest BCUT2D eigenvalue weighted by Crippen LogP contribution is -2.53. The van der Waals surface area contributed by atoms with Crippen LogP contribution in [0, 0.1) is 23.2 Å². The Labute approximate surface area is 120 Å². The van der Waals surface area contributed by atoms with Crippen molar-refractivity contribution in [3.8, 4) is 0 Å². The van der Waals surface area contributed by atoms with E-state index in [0.717, 1.165) is 23.8 Å². The zero-order chi connectivity index (χ0) is 14.2. The van der Waals surface area contributed by atoms with Gasteiger partial charge in [0.2, 0.25) is 0 Å². The lowest BCUT2D eigenvalue weighted by Gasteiger charge is -2.45. The van der Waals surface area contributed by atoms with Crippen molar-refractivity contribution in [2.24, 2.45) is 23.2 Å². The molecule has 1 heterocycles. The predicted octanol–water partition coefficient (Wildman–Crippen LogP) is 3.38. The second-order valence-corrected chi connectivity index (χ2v) is 8.25. The SMILES string of the molecule is CNC1CCC(C(C)(C)C)CC1N1CC(C)C(C)C1. The molecule has 0 bridgehead atoms. The van der Waals surface area contributed by atoms with Gasteiger partial charge in [-0.1, -0.05) is 34.6 Å². The molecule has 1 saturated carbocycles. The van der Waals surface area contributed by atoms with Gasteiger partial charge in [0.15, 0.2) is 0 Å². The highest BCUT2D eigenvalue weighted by Gasteiger charge is 2.40. The Hall–Kier alpha value is -0.0800. The molecule has 2 heteroatoms. The standard InChI is InChI=1S/C17H34N2/c1-12-10-19(11-13(12)2)16-9-14(17(3,4)5)7-8-15(16)18-6/h12-16,18H,7-11H2,1-6H3. The summed E-state index contributed by atoms with van der Waals surface area (Å²) in [6.45, 7) is 14.7. The van der Waals surface area contributed by atoms with Gasteiger partial charge in [-0.05, 0) is 49.5 Å². The topological polar surface area (TPSA) is 15.3 Å². The van der Waals surface area contributed by atoms with Crippen LogP contribution < -0.4 is 5.32 Å². The Morgan fingerprint density at radius 3 is 2.05 bits per heavy atom. The number of hydrogen-bond donors (Lipinski definition) is 1. The minimum Gasteiger partial charge on any atom is -0.315 e. The smallest absolute Gasteiger partial charge is 0.0252 e. The van der Waals surface area contributed by atoms with Gasteiger partial charge >= 0.3 is 0 Å². The second kappa shape index (κ2) is 5.73. The Bertz CT molecular complexity index is 284. The number of likely N-dealkylation sites (tertiary alicyclic amines) is 1. The first-order valence-electron chi connectivity index (χ1n) is 8.24. The average Bonchev–Trinajstić information content (AvgIpc) is 2.67. The Morgan fingerprint density at radius 1 is 1.00 bits per heavy atom. The van der Waals surface area contributed by atoms with E-state index in [1.165, 1.54) is 32.4 Å².